The summed E-state index contributed by atoms with van der Waals surface area (Å²) in [4.78, 5) is 13.2. The van der Waals surface area contributed by atoms with E-state index in [9.17, 15) is 4.79 Å². The zero-order valence-electron chi connectivity index (χ0n) is 10.7. The summed E-state index contributed by atoms with van der Waals surface area (Å²) in [6.07, 6.45) is 0.764. The summed E-state index contributed by atoms with van der Waals surface area (Å²) in [7, 11) is 1.66. The smallest absolute Gasteiger partial charge is 0.317 e. The molecule has 0 aliphatic carbocycles. The first-order valence-corrected chi connectivity index (χ1v) is 6.69. The molecule has 0 aliphatic heterocycles. The van der Waals surface area contributed by atoms with Gasteiger partial charge in [0, 0.05) is 24.1 Å². The van der Waals surface area contributed by atoms with E-state index in [1.165, 1.54) is 4.90 Å². The number of aliphatic hydroxyl groups is 1. The molecule has 1 aromatic carbocycles. The summed E-state index contributed by atoms with van der Waals surface area (Å²) >= 11 is 3.49. The summed E-state index contributed by atoms with van der Waals surface area (Å²) in [5.74, 6) is 0. The second kappa shape index (κ2) is 7.38. The highest BCUT2D eigenvalue weighted by molar-refractivity contribution is 9.10. The molecule has 0 saturated carbocycles. The molecular formula is C13H19BrN2O2. The zero-order valence-corrected chi connectivity index (χ0v) is 12.3. The Kier molecular flexibility index (Phi) is 6.15. The Labute approximate surface area is 116 Å². The SMILES string of the molecule is CC(Cc1ccccc1Br)NC(=O)N(C)CCO. The predicted octanol–water partition coefficient (Wildman–Crippen LogP) is 2.01. The molecule has 5 heteroatoms. The predicted molar refractivity (Wildman–Crippen MR) is 75.6 cm³/mol. The Morgan fingerprint density at radius 2 is 2.17 bits per heavy atom. The third-order valence-electron chi connectivity index (χ3n) is 2.64. The molecule has 1 rings (SSSR count). The zero-order chi connectivity index (χ0) is 13.5. The average molecular weight is 315 g/mol. The Morgan fingerprint density at radius 3 is 2.78 bits per heavy atom. The van der Waals surface area contributed by atoms with E-state index in [1.54, 1.807) is 7.05 Å². The van der Waals surface area contributed by atoms with E-state index in [1.807, 2.05) is 31.2 Å². The quantitative estimate of drug-likeness (QED) is 0.873. The first-order chi connectivity index (χ1) is 8.54. The van der Waals surface area contributed by atoms with Crippen LogP contribution < -0.4 is 5.32 Å². The van der Waals surface area contributed by atoms with Crippen LogP contribution in [-0.4, -0.2) is 42.3 Å². The Balaban J connectivity index is 2.49. The third kappa shape index (κ3) is 4.66. The lowest BCUT2D eigenvalue weighted by molar-refractivity contribution is 0.187. The highest BCUT2D eigenvalue weighted by Crippen LogP contribution is 2.17. The first-order valence-electron chi connectivity index (χ1n) is 5.90. The molecule has 1 aromatic rings. The monoisotopic (exact) mass is 314 g/mol. The van der Waals surface area contributed by atoms with Crippen LogP contribution in [-0.2, 0) is 6.42 Å². The molecule has 0 heterocycles. The number of aliphatic hydroxyl groups excluding tert-OH is 1. The van der Waals surface area contributed by atoms with Gasteiger partial charge in [0.2, 0.25) is 0 Å². The van der Waals surface area contributed by atoms with Gasteiger partial charge in [-0.2, -0.15) is 0 Å². The number of benzene rings is 1. The maximum Gasteiger partial charge on any atom is 0.317 e. The van der Waals surface area contributed by atoms with Crippen LogP contribution in [0.15, 0.2) is 28.7 Å². The van der Waals surface area contributed by atoms with Gasteiger partial charge < -0.3 is 15.3 Å². The molecule has 1 atom stereocenters. The number of urea groups is 1. The van der Waals surface area contributed by atoms with Crippen LogP contribution in [0.1, 0.15) is 12.5 Å². The highest BCUT2D eigenvalue weighted by atomic mass is 79.9. The van der Waals surface area contributed by atoms with Gasteiger partial charge in [-0.1, -0.05) is 34.1 Å². The summed E-state index contributed by atoms with van der Waals surface area (Å²) in [5.41, 5.74) is 1.16. The van der Waals surface area contributed by atoms with Crippen LogP contribution in [0.25, 0.3) is 0 Å². The van der Waals surface area contributed by atoms with Gasteiger partial charge in [-0.3, -0.25) is 0 Å². The van der Waals surface area contributed by atoms with Crippen molar-refractivity contribution in [1.82, 2.24) is 10.2 Å². The van der Waals surface area contributed by atoms with Gasteiger partial charge in [0.15, 0.2) is 0 Å². The molecule has 0 aliphatic rings. The van der Waals surface area contributed by atoms with Crippen LogP contribution in [0.4, 0.5) is 4.79 Å². The second-order valence-electron chi connectivity index (χ2n) is 4.29. The van der Waals surface area contributed by atoms with E-state index in [0.717, 1.165) is 16.5 Å². The minimum Gasteiger partial charge on any atom is -0.395 e. The Morgan fingerprint density at radius 1 is 1.50 bits per heavy atom. The highest BCUT2D eigenvalue weighted by Gasteiger charge is 2.12. The molecule has 100 valence electrons. The number of halogens is 1. The lowest BCUT2D eigenvalue weighted by Gasteiger charge is -2.21. The van der Waals surface area contributed by atoms with Crippen LogP contribution in [0.2, 0.25) is 0 Å². The molecule has 2 amide bonds. The fourth-order valence-electron chi connectivity index (χ4n) is 1.62. The van der Waals surface area contributed by atoms with E-state index in [0.29, 0.717) is 6.54 Å². The van der Waals surface area contributed by atoms with E-state index in [2.05, 4.69) is 21.2 Å². The molecule has 2 N–H and O–H groups in total. The van der Waals surface area contributed by atoms with Crippen LogP contribution in [0.3, 0.4) is 0 Å². The molecule has 1 unspecified atom stereocenters. The number of carbonyl (C=O) groups excluding carboxylic acids is 1. The third-order valence-corrected chi connectivity index (χ3v) is 3.41. The molecule has 0 bridgehead atoms. The Hall–Kier alpha value is -1.07. The number of rotatable bonds is 5. The molecule has 0 saturated heterocycles. The normalized spacial score (nSPS) is 12.0. The van der Waals surface area contributed by atoms with Gasteiger partial charge in [-0.05, 0) is 25.0 Å². The van der Waals surface area contributed by atoms with Crippen molar-refractivity contribution in [2.45, 2.75) is 19.4 Å². The lowest BCUT2D eigenvalue weighted by Crippen LogP contribution is -2.43. The molecule has 0 radical (unpaired) electrons. The van der Waals surface area contributed by atoms with E-state index in [-0.39, 0.29) is 18.7 Å². The standard InChI is InChI=1S/C13H19BrN2O2/c1-10(15-13(18)16(2)7-8-17)9-11-5-3-4-6-12(11)14/h3-6,10,17H,7-9H2,1-2H3,(H,15,18). The largest absolute Gasteiger partial charge is 0.395 e. The van der Waals surface area contributed by atoms with Crippen molar-refractivity contribution >= 4 is 22.0 Å². The lowest BCUT2D eigenvalue weighted by atomic mass is 10.1. The molecule has 0 aromatic heterocycles. The van der Waals surface area contributed by atoms with E-state index < -0.39 is 0 Å². The summed E-state index contributed by atoms with van der Waals surface area (Å²) in [5, 5.41) is 11.7. The van der Waals surface area contributed by atoms with Crippen molar-refractivity contribution in [3.8, 4) is 0 Å². The van der Waals surface area contributed by atoms with Gasteiger partial charge in [0.05, 0.1) is 6.61 Å². The topological polar surface area (TPSA) is 52.6 Å². The molecule has 0 fully saturated rings. The maximum atomic E-state index is 11.7. The van der Waals surface area contributed by atoms with Gasteiger partial charge in [-0.25, -0.2) is 4.79 Å². The van der Waals surface area contributed by atoms with Gasteiger partial charge in [0.25, 0.3) is 0 Å². The first kappa shape index (κ1) is 15.0. The Bertz CT molecular complexity index is 398. The fraction of sp³-hybridized carbons (Fsp3) is 0.462. The van der Waals surface area contributed by atoms with Crippen molar-refractivity contribution in [1.29, 1.82) is 0 Å². The molecular weight excluding hydrogens is 296 g/mol. The van der Waals surface area contributed by atoms with Crippen molar-refractivity contribution in [3.05, 3.63) is 34.3 Å². The summed E-state index contributed by atoms with van der Waals surface area (Å²) in [6, 6.07) is 7.84. The average Bonchev–Trinajstić information content (AvgIpc) is 2.32. The number of carbonyl (C=O) groups is 1. The van der Waals surface area contributed by atoms with Crippen LogP contribution >= 0.6 is 15.9 Å². The summed E-state index contributed by atoms with van der Waals surface area (Å²) in [6.45, 7) is 2.28. The van der Waals surface area contributed by atoms with Crippen LogP contribution in [0, 0.1) is 0 Å². The number of hydrogen-bond donors (Lipinski definition) is 2. The minimum atomic E-state index is -0.163. The number of likely N-dealkylation sites (N-methyl/N-ethyl adjacent to an activating group) is 1. The van der Waals surface area contributed by atoms with Gasteiger partial charge in [0.1, 0.15) is 0 Å². The molecule has 0 spiro atoms. The number of amides is 2. The van der Waals surface area contributed by atoms with Crippen molar-refractivity contribution < 1.29 is 9.90 Å². The number of nitrogens with zero attached hydrogens (tertiary/aromatic N) is 1. The minimum absolute atomic E-state index is 0.0253. The van der Waals surface area contributed by atoms with Crippen LogP contribution in [0.5, 0.6) is 0 Å². The van der Waals surface area contributed by atoms with E-state index in [4.69, 9.17) is 5.11 Å². The van der Waals surface area contributed by atoms with Gasteiger partial charge in [-0.15, -0.1) is 0 Å². The number of hydrogen-bond acceptors (Lipinski definition) is 2. The number of nitrogens with one attached hydrogen (secondary N) is 1. The second-order valence-corrected chi connectivity index (χ2v) is 5.15. The van der Waals surface area contributed by atoms with Crippen molar-refractivity contribution in [3.63, 3.8) is 0 Å². The molecule has 18 heavy (non-hydrogen) atoms. The summed E-state index contributed by atoms with van der Waals surface area (Å²) < 4.78 is 1.05. The van der Waals surface area contributed by atoms with E-state index >= 15 is 0 Å². The molecule has 4 nitrogen and oxygen atoms in total. The van der Waals surface area contributed by atoms with Gasteiger partial charge >= 0.3 is 6.03 Å². The van der Waals surface area contributed by atoms with Crippen molar-refractivity contribution in [2.75, 3.05) is 20.2 Å². The van der Waals surface area contributed by atoms with Crippen molar-refractivity contribution in [2.24, 2.45) is 0 Å². The maximum absolute atomic E-state index is 11.7. The fourth-order valence-corrected chi connectivity index (χ4v) is 2.06.